The number of aromatic nitrogens is 1. The topological polar surface area (TPSA) is 115 Å². The van der Waals surface area contributed by atoms with Crippen molar-refractivity contribution >= 4 is 33.0 Å². The zero-order chi connectivity index (χ0) is 22.0. The van der Waals surface area contributed by atoms with Gasteiger partial charge >= 0.3 is 0 Å². The van der Waals surface area contributed by atoms with Gasteiger partial charge in [0.2, 0.25) is 5.89 Å². The van der Waals surface area contributed by atoms with Gasteiger partial charge in [-0.25, -0.2) is 13.4 Å². The molecule has 10 heteroatoms. The van der Waals surface area contributed by atoms with Gasteiger partial charge in [0, 0.05) is 22.2 Å². The van der Waals surface area contributed by atoms with Crippen molar-refractivity contribution in [2.24, 2.45) is 0 Å². The van der Waals surface area contributed by atoms with Crippen LogP contribution in [0.15, 0.2) is 88.3 Å². The number of nitrogens with one attached hydrogen (secondary N) is 1. The Balaban J connectivity index is 1.58. The molecule has 0 aliphatic heterocycles. The number of sulfonamides is 1. The molecule has 0 radical (unpaired) electrons. The number of hydrogen-bond donors (Lipinski definition) is 1. The maximum atomic E-state index is 12.7. The van der Waals surface area contributed by atoms with Gasteiger partial charge in [0.1, 0.15) is 5.69 Å². The molecule has 0 unspecified atom stereocenters. The number of hydrogen-bond acceptors (Lipinski definition) is 6. The van der Waals surface area contributed by atoms with E-state index in [0.29, 0.717) is 17.2 Å². The lowest BCUT2D eigenvalue weighted by atomic mass is 10.2. The summed E-state index contributed by atoms with van der Waals surface area (Å²) in [6.07, 6.45) is 1.59. The van der Waals surface area contributed by atoms with Crippen molar-refractivity contribution in [2.75, 3.05) is 4.72 Å². The van der Waals surface area contributed by atoms with Crippen LogP contribution >= 0.6 is 11.6 Å². The van der Waals surface area contributed by atoms with Crippen molar-refractivity contribution in [3.63, 3.8) is 0 Å². The van der Waals surface area contributed by atoms with Crippen LogP contribution in [0.2, 0.25) is 5.02 Å². The standard InChI is InChI=1S/C21H14ClN3O5S/c22-16-8-11-18(19(12-16)25(26)27)24-31(28,29)17-9-6-15(7-10-17)21-23-13-20(30-21)14-4-2-1-3-5-14/h1-13,24H. The fourth-order valence-corrected chi connectivity index (χ4v) is 4.11. The Bertz CT molecular complexity index is 1350. The number of nitro benzene ring substituents is 1. The third kappa shape index (κ3) is 4.42. The van der Waals surface area contributed by atoms with E-state index in [4.69, 9.17) is 16.0 Å². The molecule has 0 saturated heterocycles. The van der Waals surface area contributed by atoms with E-state index in [-0.39, 0.29) is 15.6 Å². The molecule has 0 spiro atoms. The number of halogens is 1. The van der Waals surface area contributed by atoms with Gasteiger partial charge in [-0.05, 0) is 36.4 Å². The van der Waals surface area contributed by atoms with Gasteiger partial charge in [0.25, 0.3) is 15.7 Å². The summed E-state index contributed by atoms with van der Waals surface area (Å²) < 4.78 is 33.4. The summed E-state index contributed by atoms with van der Waals surface area (Å²) in [5.74, 6) is 0.924. The Labute approximate surface area is 182 Å². The van der Waals surface area contributed by atoms with Crippen LogP contribution in [0.1, 0.15) is 0 Å². The lowest BCUT2D eigenvalue weighted by Crippen LogP contribution is -2.14. The molecule has 31 heavy (non-hydrogen) atoms. The van der Waals surface area contributed by atoms with Gasteiger partial charge in [-0.15, -0.1) is 0 Å². The molecule has 1 N–H and O–H groups in total. The highest BCUT2D eigenvalue weighted by Crippen LogP contribution is 2.31. The molecule has 0 amide bonds. The first kappa shape index (κ1) is 20.6. The number of oxazole rings is 1. The molecule has 4 rings (SSSR count). The largest absolute Gasteiger partial charge is 0.436 e. The van der Waals surface area contributed by atoms with E-state index in [2.05, 4.69) is 9.71 Å². The van der Waals surface area contributed by atoms with E-state index < -0.39 is 20.6 Å². The van der Waals surface area contributed by atoms with Gasteiger partial charge in [-0.3, -0.25) is 14.8 Å². The molecule has 3 aromatic carbocycles. The SMILES string of the molecule is O=[N+]([O-])c1cc(Cl)ccc1NS(=O)(=O)c1ccc(-c2ncc(-c3ccccc3)o2)cc1. The Kier molecular flexibility index (Phi) is 5.45. The second-order valence-electron chi connectivity index (χ2n) is 6.44. The molecule has 0 atom stereocenters. The zero-order valence-corrected chi connectivity index (χ0v) is 17.3. The lowest BCUT2D eigenvalue weighted by molar-refractivity contribution is -0.383. The smallest absolute Gasteiger partial charge is 0.294 e. The summed E-state index contributed by atoms with van der Waals surface area (Å²) in [6.45, 7) is 0. The average molecular weight is 456 g/mol. The molecule has 0 saturated carbocycles. The number of rotatable bonds is 6. The quantitative estimate of drug-likeness (QED) is 0.308. The Morgan fingerprint density at radius 1 is 0.968 bits per heavy atom. The lowest BCUT2D eigenvalue weighted by Gasteiger charge is -2.09. The predicted molar refractivity (Wildman–Crippen MR) is 116 cm³/mol. The van der Waals surface area contributed by atoms with Crippen LogP contribution in [0.3, 0.4) is 0 Å². The van der Waals surface area contributed by atoms with Crippen LogP contribution in [0.25, 0.3) is 22.8 Å². The third-order valence-electron chi connectivity index (χ3n) is 4.38. The minimum absolute atomic E-state index is 0.0738. The molecule has 1 aromatic heterocycles. The van der Waals surface area contributed by atoms with E-state index in [1.807, 2.05) is 30.3 Å². The summed E-state index contributed by atoms with van der Waals surface area (Å²) in [5.41, 5.74) is 0.826. The molecule has 8 nitrogen and oxygen atoms in total. The first-order valence-electron chi connectivity index (χ1n) is 8.92. The summed E-state index contributed by atoms with van der Waals surface area (Å²) >= 11 is 5.77. The molecule has 1 heterocycles. The Hall–Kier alpha value is -3.69. The van der Waals surface area contributed by atoms with Gasteiger partial charge in [-0.1, -0.05) is 41.9 Å². The van der Waals surface area contributed by atoms with E-state index in [0.717, 1.165) is 11.6 Å². The monoisotopic (exact) mass is 455 g/mol. The number of nitro groups is 1. The maximum Gasteiger partial charge on any atom is 0.294 e. The fraction of sp³-hybridized carbons (Fsp3) is 0. The average Bonchev–Trinajstić information content (AvgIpc) is 3.26. The molecule has 156 valence electrons. The summed E-state index contributed by atoms with van der Waals surface area (Å²) in [4.78, 5) is 14.7. The normalized spacial score (nSPS) is 11.3. The third-order valence-corrected chi connectivity index (χ3v) is 5.99. The minimum atomic E-state index is -4.07. The van der Waals surface area contributed by atoms with Crippen molar-refractivity contribution in [3.8, 4) is 22.8 Å². The van der Waals surface area contributed by atoms with Crippen molar-refractivity contribution in [1.29, 1.82) is 0 Å². The first-order chi connectivity index (χ1) is 14.8. The summed E-state index contributed by atoms with van der Waals surface area (Å²) in [5, 5.41) is 11.3. The van der Waals surface area contributed by atoms with Crippen molar-refractivity contribution in [3.05, 3.63) is 94.1 Å². The van der Waals surface area contributed by atoms with Gasteiger partial charge in [0.15, 0.2) is 5.76 Å². The van der Waals surface area contributed by atoms with Crippen LogP contribution in [0.5, 0.6) is 0 Å². The van der Waals surface area contributed by atoms with Crippen LogP contribution < -0.4 is 4.72 Å². The molecular formula is C21H14ClN3O5S. The highest BCUT2D eigenvalue weighted by Gasteiger charge is 2.21. The second kappa shape index (κ2) is 8.21. The predicted octanol–water partition coefficient (Wildman–Crippen LogP) is 5.37. The summed E-state index contributed by atoms with van der Waals surface area (Å²) in [6, 6.07) is 19.0. The fourth-order valence-electron chi connectivity index (χ4n) is 2.87. The first-order valence-corrected chi connectivity index (χ1v) is 10.8. The second-order valence-corrected chi connectivity index (χ2v) is 8.56. The molecule has 0 bridgehead atoms. The number of nitrogens with zero attached hydrogens (tertiary/aromatic N) is 2. The van der Waals surface area contributed by atoms with E-state index in [1.165, 1.54) is 24.3 Å². The van der Waals surface area contributed by atoms with Gasteiger partial charge in [0.05, 0.1) is 16.0 Å². The van der Waals surface area contributed by atoms with Gasteiger partial charge < -0.3 is 4.42 Å². The number of benzene rings is 3. The number of anilines is 1. The summed E-state index contributed by atoms with van der Waals surface area (Å²) in [7, 11) is -4.07. The maximum absolute atomic E-state index is 12.7. The van der Waals surface area contributed by atoms with Crippen LogP contribution in [-0.2, 0) is 10.0 Å². The Morgan fingerprint density at radius 2 is 1.68 bits per heavy atom. The minimum Gasteiger partial charge on any atom is -0.436 e. The van der Waals surface area contributed by atoms with E-state index in [9.17, 15) is 18.5 Å². The van der Waals surface area contributed by atoms with Crippen molar-refractivity contribution in [2.45, 2.75) is 4.90 Å². The van der Waals surface area contributed by atoms with Crippen LogP contribution in [-0.4, -0.2) is 18.3 Å². The van der Waals surface area contributed by atoms with Crippen LogP contribution in [0, 0.1) is 10.1 Å². The molecule has 0 fully saturated rings. The molecule has 4 aromatic rings. The highest BCUT2D eigenvalue weighted by molar-refractivity contribution is 7.92. The molecule has 0 aliphatic carbocycles. The van der Waals surface area contributed by atoms with Crippen molar-refractivity contribution < 1.29 is 17.8 Å². The van der Waals surface area contributed by atoms with Gasteiger partial charge in [-0.2, -0.15) is 0 Å². The Morgan fingerprint density at radius 3 is 2.35 bits per heavy atom. The van der Waals surface area contributed by atoms with E-state index >= 15 is 0 Å². The van der Waals surface area contributed by atoms with E-state index in [1.54, 1.807) is 18.3 Å². The highest BCUT2D eigenvalue weighted by atomic mass is 35.5. The van der Waals surface area contributed by atoms with Crippen molar-refractivity contribution in [1.82, 2.24) is 4.98 Å². The van der Waals surface area contributed by atoms with Crippen LogP contribution in [0.4, 0.5) is 11.4 Å². The molecule has 0 aliphatic rings. The molecular weight excluding hydrogens is 442 g/mol. The zero-order valence-electron chi connectivity index (χ0n) is 15.7.